The molecule has 0 spiro atoms. The van der Waals surface area contributed by atoms with E-state index < -0.39 is 15.8 Å². The van der Waals surface area contributed by atoms with E-state index in [2.05, 4.69) is 9.71 Å². The van der Waals surface area contributed by atoms with Gasteiger partial charge in [0.2, 0.25) is 10.0 Å². The van der Waals surface area contributed by atoms with Crippen LogP contribution in [-0.2, 0) is 16.6 Å². The second kappa shape index (κ2) is 5.10. The number of hydrogen-bond acceptors (Lipinski definition) is 4. The van der Waals surface area contributed by atoms with Crippen LogP contribution < -0.4 is 4.72 Å². The van der Waals surface area contributed by atoms with Crippen molar-refractivity contribution in [3.05, 3.63) is 47.4 Å². The van der Waals surface area contributed by atoms with Gasteiger partial charge in [0.1, 0.15) is 11.6 Å². The Morgan fingerprint density at radius 1 is 1.26 bits per heavy atom. The molecule has 1 N–H and O–H groups in total. The second-order valence-electron chi connectivity index (χ2n) is 4.02. The molecule has 2 rings (SSSR count). The molecule has 0 amide bonds. The SMILES string of the molecule is Cc1nc(C)c(CNS(=O)(=O)c2ccc(F)cc2)o1. The first-order valence-electron chi connectivity index (χ1n) is 5.56. The maximum Gasteiger partial charge on any atom is 0.240 e. The number of nitrogens with one attached hydrogen (secondary N) is 1. The van der Waals surface area contributed by atoms with E-state index in [1.165, 1.54) is 12.1 Å². The molecule has 0 aliphatic rings. The fourth-order valence-electron chi connectivity index (χ4n) is 1.60. The number of hydrogen-bond donors (Lipinski definition) is 1. The highest BCUT2D eigenvalue weighted by Gasteiger charge is 2.16. The van der Waals surface area contributed by atoms with Crippen LogP contribution in [0.1, 0.15) is 17.3 Å². The van der Waals surface area contributed by atoms with Gasteiger partial charge in [-0.3, -0.25) is 0 Å². The number of aryl methyl sites for hydroxylation is 2. The molecule has 0 radical (unpaired) electrons. The van der Waals surface area contributed by atoms with Crippen molar-refractivity contribution in [2.24, 2.45) is 0 Å². The zero-order valence-electron chi connectivity index (χ0n) is 10.5. The van der Waals surface area contributed by atoms with Crippen LogP contribution in [0.25, 0.3) is 0 Å². The van der Waals surface area contributed by atoms with Crippen molar-refractivity contribution in [2.45, 2.75) is 25.3 Å². The normalized spacial score (nSPS) is 11.7. The Bertz CT molecular complexity index is 678. The quantitative estimate of drug-likeness (QED) is 0.931. The lowest BCUT2D eigenvalue weighted by Gasteiger charge is -2.05. The number of benzene rings is 1. The number of sulfonamides is 1. The molecule has 19 heavy (non-hydrogen) atoms. The second-order valence-corrected chi connectivity index (χ2v) is 5.79. The molecule has 5 nitrogen and oxygen atoms in total. The maximum atomic E-state index is 12.7. The maximum absolute atomic E-state index is 12.7. The Morgan fingerprint density at radius 3 is 2.42 bits per heavy atom. The van der Waals surface area contributed by atoms with Gasteiger partial charge >= 0.3 is 0 Å². The van der Waals surface area contributed by atoms with E-state index in [0.717, 1.165) is 12.1 Å². The van der Waals surface area contributed by atoms with E-state index in [4.69, 9.17) is 4.42 Å². The fraction of sp³-hybridized carbons (Fsp3) is 0.250. The lowest BCUT2D eigenvalue weighted by molar-refractivity contribution is 0.466. The first-order valence-corrected chi connectivity index (χ1v) is 7.05. The summed E-state index contributed by atoms with van der Waals surface area (Å²) in [7, 11) is -3.69. The monoisotopic (exact) mass is 284 g/mol. The van der Waals surface area contributed by atoms with Gasteiger partial charge in [0.25, 0.3) is 0 Å². The lowest BCUT2D eigenvalue weighted by atomic mass is 10.4. The van der Waals surface area contributed by atoms with Crippen LogP contribution in [0.3, 0.4) is 0 Å². The molecule has 0 fully saturated rings. The lowest BCUT2D eigenvalue weighted by Crippen LogP contribution is -2.23. The van der Waals surface area contributed by atoms with Gasteiger partial charge in [-0.25, -0.2) is 22.5 Å². The molecule has 102 valence electrons. The van der Waals surface area contributed by atoms with E-state index >= 15 is 0 Å². The third-order valence-electron chi connectivity index (χ3n) is 2.55. The van der Waals surface area contributed by atoms with Crippen LogP contribution in [-0.4, -0.2) is 13.4 Å². The predicted octanol–water partition coefficient (Wildman–Crippen LogP) is 1.91. The molecule has 0 aliphatic heterocycles. The molecule has 1 heterocycles. The minimum Gasteiger partial charge on any atom is -0.444 e. The number of rotatable bonds is 4. The van der Waals surface area contributed by atoms with Crippen molar-refractivity contribution < 1.29 is 17.2 Å². The molecule has 0 atom stereocenters. The van der Waals surface area contributed by atoms with Crippen molar-refractivity contribution in [1.29, 1.82) is 0 Å². The molecule has 0 saturated carbocycles. The first kappa shape index (κ1) is 13.7. The van der Waals surface area contributed by atoms with Crippen molar-refractivity contribution in [3.8, 4) is 0 Å². The Labute approximate surface area is 110 Å². The smallest absolute Gasteiger partial charge is 0.240 e. The van der Waals surface area contributed by atoms with E-state index in [1.807, 2.05) is 0 Å². The molecule has 2 aromatic rings. The molecule has 0 bridgehead atoms. The summed E-state index contributed by atoms with van der Waals surface area (Å²) >= 11 is 0. The number of oxazole rings is 1. The molecule has 7 heteroatoms. The number of aromatic nitrogens is 1. The summed E-state index contributed by atoms with van der Waals surface area (Å²) in [5.74, 6) is 0.456. The minimum absolute atomic E-state index is 0.00258. The Kier molecular flexibility index (Phi) is 3.68. The summed E-state index contributed by atoms with van der Waals surface area (Å²) in [6.07, 6.45) is 0. The van der Waals surface area contributed by atoms with Crippen LogP contribution in [0.5, 0.6) is 0 Å². The van der Waals surface area contributed by atoms with Gasteiger partial charge in [0.05, 0.1) is 17.1 Å². The van der Waals surface area contributed by atoms with Crippen molar-refractivity contribution in [1.82, 2.24) is 9.71 Å². The van der Waals surface area contributed by atoms with Crippen LogP contribution in [0.2, 0.25) is 0 Å². The van der Waals surface area contributed by atoms with E-state index in [0.29, 0.717) is 17.3 Å². The van der Waals surface area contributed by atoms with Crippen LogP contribution in [0, 0.1) is 19.7 Å². The fourth-order valence-corrected chi connectivity index (χ4v) is 2.58. The molecule has 0 saturated heterocycles. The Balaban J connectivity index is 2.14. The van der Waals surface area contributed by atoms with Crippen LogP contribution >= 0.6 is 0 Å². The summed E-state index contributed by atoms with van der Waals surface area (Å²) in [5, 5.41) is 0. The van der Waals surface area contributed by atoms with Gasteiger partial charge in [-0.15, -0.1) is 0 Å². The Morgan fingerprint density at radius 2 is 1.89 bits per heavy atom. The molecular formula is C12H13FN2O3S. The molecule has 1 aromatic heterocycles. The van der Waals surface area contributed by atoms with Gasteiger partial charge in [-0.05, 0) is 31.2 Å². The predicted molar refractivity (Wildman–Crippen MR) is 66.4 cm³/mol. The van der Waals surface area contributed by atoms with Crippen LogP contribution in [0.4, 0.5) is 4.39 Å². The summed E-state index contributed by atoms with van der Waals surface area (Å²) in [4.78, 5) is 4.05. The van der Waals surface area contributed by atoms with E-state index in [9.17, 15) is 12.8 Å². The zero-order valence-corrected chi connectivity index (χ0v) is 11.3. The van der Waals surface area contributed by atoms with Crippen LogP contribution in [0.15, 0.2) is 33.6 Å². The van der Waals surface area contributed by atoms with Gasteiger partial charge < -0.3 is 4.42 Å². The highest BCUT2D eigenvalue weighted by atomic mass is 32.2. The number of nitrogens with zero attached hydrogens (tertiary/aromatic N) is 1. The largest absolute Gasteiger partial charge is 0.444 e. The summed E-state index contributed by atoms with van der Waals surface area (Å²) in [5.41, 5.74) is 0.638. The van der Waals surface area contributed by atoms with Crippen molar-refractivity contribution >= 4 is 10.0 Å². The number of halogens is 1. The molecular weight excluding hydrogens is 271 g/mol. The third kappa shape index (κ3) is 3.18. The summed E-state index contributed by atoms with van der Waals surface area (Å²) < 4.78 is 44.3. The highest BCUT2D eigenvalue weighted by Crippen LogP contribution is 2.13. The average molecular weight is 284 g/mol. The van der Waals surface area contributed by atoms with Gasteiger partial charge in [-0.2, -0.15) is 0 Å². The minimum atomic E-state index is -3.69. The highest BCUT2D eigenvalue weighted by molar-refractivity contribution is 7.89. The van der Waals surface area contributed by atoms with Gasteiger partial charge in [0, 0.05) is 6.92 Å². The zero-order chi connectivity index (χ0) is 14.0. The Hall–Kier alpha value is -1.73. The molecule has 0 aliphatic carbocycles. The van der Waals surface area contributed by atoms with Gasteiger partial charge in [-0.1, -0.05) is 0 Å². The van der Waals surface area contributed by atoms with Gasteiger partial charge in [0.15, 0.2) is 5.89 Å². The van der Waals surface area contributed by atoms with E-state index in [-0.39, 0.29) is 11.4 Å². The summed E-state index contributed by atoms with van der Waals surface area (Å²) in [6, 6.07) is 4.60. The van der Waals surface area contributed by atoms with Crippen molar-refractivity contribution in [2.75, 3.05) is 0 Å². The topological polar surface area (TPSA) is 72.2 Å². The third-order valence-corrected chi connectivity index (χ3v) is 3.96. The standard InChI is InChI=1S/C12H13FN2O3S/c1-8-12(18-9(2)15-8)7-14-19(16,17)11-5-3-10(13)4-6-11/h3-6,14H,7H2,1-2H3. The average Bonchev–Trinajstić information content (AvgIpc) is 2.66. The molecule has 1 aromatic carbocycles. The summed E-state index contributed by atoms with van der Waals surface area (Å²) in [6.45, 7) is 3.43. The first-order chi connectivity index (χ1) is 8.88. The molecule has 0 unspecified atom stereocenters. The van der Waals surface area contributed by atoms with E-state index in [1.54, 1.807) is 13.8 Å². The van der Waals surface area contributed by atoms with Crippen molar-refractivity contribution in [3.63, 3.8) is 0 Å².